The van der Waals surface area contributed by atoms with Crippen molar-refractivity contribution in [2.75, 3.05) is 27.9 Å². The van der Waals surface area contributed by atoms with Gasteiger partial charge in [0, 0.05) is 24.6 Å². The highest BCUT2D eigenvalue weighted by atomic mass is 16.5. The zero-order valence-electron chi connectivity index (χ0n) is 19.6. The minimum absolute atomic E-state index is 0.183. The predicted molar refractivity (Wildman–Crippen MR) is 124 cm³/mol. The third kappa shape index (κ3) is 4.90. The molecule has 0 radical (unpaired) electrons. The predicted octanol–water partition coefficient (Wildman–Crippen LogP) is 5.15. The molecule has 1 saturated carbocycles. The van der Waals surface area contributed by atoms with Crippen LogP contribution in [0, 0.1) is 5.92 Å². The first-order valence-corrected chi connectivity index (χ1v) is 11.6. The molecule has 1 aliphatic carbocycles. The average molecular weight is 442 g/mol. The number of nitrogens with one attached hydrogen (secondary N) is 1. The highest BCUT2D eigenvalue weighted by Crippen LogP contribution is 2.42. The smallest absolute Gasteiger partial charge is 0.203 e. The van der Waals surface area contributed by atoms with Crippen molar-refractivity contribution in [3.05, 3.63) is 42.0 Å². The van der Waals surface area contributed by atoms with Gasteiger partial charge in [-0.15, -0.1) is 0 Å². The summed E-state index contributed by atoms with van der Waals surface area (Å²) in [6, 6.07) is 12.1. The van der Waals surface area contributed by atoms with Crippen LogP contribution in [0.1, 0.15) is 50.5 Å². The molecule has 0 spiro atoms. The molecule has 0 aromatic heterocycles. The first-order valence-electron chi connectivity index (χ1n) is 11.6. The highest BCUT2D eigenvalue weighted by Gasteiger charge is 2.34. The van der Waals surface area contributed by atoms with Gasteiger partial charge >= 0.3 is 0 Å². The third-order valence-electron chi connectivity index (χ3n) is 6.68. The molecule has 6 nitrogen and oxygen atoms in total. The average Bonchev–Trinajstić information content (AvgIpc) is 3.36. The summed E-state index contributed by atoms with van der Waals surface area (Å²) < 4.78 is 28.8. The second-order valence-electron chi connectivity index (χ2n) is 8.70. The fraction of sp³-hybridized carbons (Fsp3) is 0.538. The fourth-order valence-electron chi connectivity index (χ4n) is 5.03. The Balaban J connectivity index is 1.42. The lowest BCUT2D eigenvalue weighted by molar-refractivity contribution is 0.0958. The lowest BCUT2D eigenvalue weighted by Crippen LogP contribution is -2.39. The normalized spacial score (nSPS) is 21.4. The molecule has 2 aromatic rings. The summed E-state index contributed by atoms with van der Waals surface area (Å²) in [5.41, 5.74) is 1.29. The van der Waals surface area contributed by atoms with Gasteiger partial charge in [-0.05, 0) is 43.7 Å². The minimum Gasteiger partial charge on any atom is -0.493 e. The maximum absolute atomic E-state index is 6.42. The van der Waals surface area contributed by atoms with Gasteiger partial charge in [-0.25, -0.2) is 0 Å². The van der Waals surface area contributed by atoms with Crippen LogP contribution in [0.3, 0.4) is 0 Å². The van der Waals surface area contributed by atoms with Crippen molar-refractivity contribution in [3.63, 3.8) is 0 Å². The van der Waals surface area contributed by atoms with E-state index >= 15 is 0 Å². The molecule has 1 fully saturated rings. The summed E-state index contributed by atoms with van der Waals surface area (Å²) in [6.07, 6.45) is 6.40. The first kappa shape index (κ1) is 22.6. The molecule has 32 heavy (non-hydrogen) atoms. The minimum atomic E-state index is -0.183. The Labute approximate surface area is 191 Å². The standard InChI is InChI=1S/C26H35NO5/c1-17(31-20-14-24(28-2)26(30-4)25(15-20)29-3)27-16-19-13-23(18-9-5-6-10-18)32-22-12-8-7-11-21(19)22/h7-8,11-12,14-15,17-19,23,27H,5-6,9-10,13,16H2,1-4H3/t17?,19-,23?/m0/s1. The number of hydrogen-bond acceptors (Lipinski definition) is 6. The number of methoxy groups -OCH3 is 3. The van der Waals surface area contributed by atoms with Crippen LogP contribution in [0.15, 0.2) is 36.4 Å². The Morgan fingerprint density at radius 2 is 1.69 bits per heavy atom. The monoisotopic (exact) mass is 441 g/mol. The van der Waals surface area contributed by atoms with E-state index in [0.717, 1.165) is 18.7 Å². The molecular formula is C26H35NO5. The molecule has 0 saturated heterocycles. The number of hydrogen-bond donors (Lipinski definition) is 1. The van der Waals surface area contributed by atoms with E-state index in [1.165, 1.54) is 31.2 Å². The maximum atomic E-state index is 6.42. The summed E-state index contributed by atoms with van der Waals surface area (Å²) in [6.45, 7) is 2.85. The topological polar surface area (TPSA) is 58.2 Å². The third-order valence-corrected chi connectivity index (χ3v) is 6.68. The molecule has 2 aromatic carbocycles. The lowest BCUT2D eigenvalue weighted by Gasteiger charge is -2.36. The summed E-state index contributed by atoms with van der Waals surface area (Å²) in [7, 11) is 4.80. The van der Waals surface area contributed by atoms with Gasteiger partial charge < -0.3 is 23.7 Å². The second-order valence-corrected chi connectivity index (χ2v) is 8.70. The van der Waals surface area contributed by atoms with Crippen molar-refractivity contribution in [2.24, 2.45) is 5.92 Å². The van der Waals surface area contributed by atoms with Crippen molar-refractivity contribution < 1.29 is 23.7 Å². The molecule has 3 atom stereocenters. The van der Waals surface area contributed by atoms with Crippen LogP contribution in [0.2, 0.25) is 0 Å². The molecule has 6 heteroatoms. The van der Waals surface area contributed by atoms with E-state index in [2.05, 4.69) is 29.6 Å². The zero-order chi connectivity index (χ0) is 22.5. The van der Waals surface area contributed by atoms with E-state index in [0.29, 0.717) is 40.9 Å². The summed E-state index contributed by atoms with van der Waals surface area (Å²) in [5.74, 6) is 4.49. The van der Waals surface area contributed by atoms with Gasteiger partial charge in [0.25, 0.3) is 0 Å². The molecule has 0 bridgehead atoms. The van der Waals surface area contributed by atoms with Crippen molar-refractivity contribution in [1.82, 2.24) is 5.32 Å². The molecule has 0 amide bonds. The molecule has 4 rings (SSSR count). The van der Waals surface area contributed by atoms with Crippen molar-refractivity contribution in [3.8, 4) is 28.7 Å². The lowest BCUT2D eigenvalue weighted by atomic mass is 9.84. The van der Waals surface area contributed by atoms with Crippen LogP contribution >= 0.6 is 0 Å². The van der Waals surface area contributed by atoms with Crippen molar-refractivity contribution in [2.45, 2.75) is 57.3 Å². The molecule has 1 heterocycles. The second kappa shape index (κ2) is 10.3. The Bertz CT molecular complexity index is 871. The number of fused-ring (bicyclic) bond motifs is 1. The Morgan fingerprint density at radius 3 is 2.34 bits per heavy atom. The zero-order valence-corrected chi connectivity index (χ0v) is 19.6. The van der Waals surface area contributed by atoms with E-state index < -0.39 is 0 Å². The first-order chi connectivity index (χ1) is 15.6. The SMILES string of the molecule is COc1cc(OC(C)NC[C@@H]2CC(C3CCCC3)Oc3ccccc32)cc(OC)c1OC. The molecular weight excluding hydrogens is 406 g/mol. The number of para-hydroxylation sites is 1. The fourth-order valence-corrected chi connectivity index (χ4v) is 5.03. The molecule has 2 unspecified atom stereocenters. The maximum Gasteiger partial charge on any atom is 0.203 e. The van der Waals surface area contributed by atoms with Gasteiger partial charge in [0.1, 0.15) is 23.8 Å². The number of rotatable bonds is 9. The van der Waals surface area contributed by atoms with Gasteiger partial charge in [0.2, 0.25) is 5.75 Å². The Hall–Kier alpha value is -2.60. The van der Waals surface area contributed by atoms with Gasteiger partial charge in [0.15, 0.2) is 11.5 Å². The quantitative estimate of drug-likeness (QED) is 0.543. The number of ether oxygens (including phenoxy) is 5. The largest absolute Gasteiger partial charge is 0.493 e. The summed E-state index contributed by atoms with van der Waals surface area (Å²) >= 11 is 0. The van der Waals surface area contributed by atoms with Crippen molar-refractivity contribution in [1.29, 1.82) is 0 Å². The van der Waals surface area contributed by atoms with E-state index in [1.54, 1.807) is 21.3 Å². The van der Waals surface area contributed by atoms with Gasteiger partial charge in [-0.2, -0.15) is 0 Å². The Morgan fingerprint density at radius 1 is 1.00 bits per heavy atom. The summed E-state index contributed by atoms with van der Waals surface area (Å²) in [5, 5.41) is 3.57. The van der Waals surface area contributed by atoms with Crippen LogP contribution in [0.5, 0.6) is 28.7 Å². The molecule has 1 N–H and O–H groups in total. The van der Waals surface area contributed by atoms with Crippen LogP contribution in [0.4, 0.5) is 0 Å². The van der Waals surface area contributed by atoms with Gasteiger partial charge in [-0.3, -0.25) is 5.32 Å². The molecule has 1 aliphatic heterocycles. The van der Waals surface area contributed by atoms with Crippen LogP contribution in [-0.2, 0) is 0 Å². The van der Waals surface area contributed by atoms with E-state index in [1.807, 2.05) is 19.1 Å². The van der Waals surface area contributed by atoms with E-state index in [4.69, 9.17) is 23.7 Å². The van der Waals surface area contributed by atoms with E-state index in [-0.39, 0.29) is 6.23 Å². The summed E-state index contributed by atoms with van der Waals surface area (Å²) in [4.78, 5) is 0. The van der Waals surface area contributed by atoms with E-state index in [9.17, 15) is 0 Å². The van der Waals surface area contributed by atoms with Gasteiger partial charge in [-0.1, -0.05) is 31.0 Å². The van der Waals surface area contributed by atoms with Crippen molar-refractivity contribution >= 4 is 0 Å². The van der Waals surface area contributed by atoms with Crippen LogP contribution in [0.25, 0.3) is 0 Å². The molecule has 174 valence electrons. The van der Waals surface area contributed by atoms with Crippen LogP contribution < -0.4 is 29.0 Å². The van der Waals surface area contributed by atoms with Gasteiger partial charge in [0.05, 0.1) is 21.3 Å². The highest BCUT2D eigenvalue weighted by molar-refractivity contribution is 5.55. The van der Waals surface area contributed by atoms with Crippen LogP contribution in [-0.4, -0.2) is 40.2 Å². The molecule has 2 aliphatic rings. The Kier molecular flexibility index (Phi) is 7.30. The number of benzene rings is 2.